The largest absolute Gasteiger partial charge is 0.305 e. The first-order valence-electron chi connectivity index (χ1n) is 7.30. The van der Waals surface area contributed by atoms with Gasteiger partial charge in [-0.05, 0) is 57.7 Å². The van der Waals surface area contributed by atoms with Gasteiger partial charge >= 0.3 is 0 Å². The molecule has 4 nitrogen and oxygen atoms in total. The lowest BCUT2D eigenvalue weighted by atomic mass is 9.98. The highest BCUT2D eigenvalue weighted by molar-refractivity contribution is 6.30. The second-order valence-corrected chi connectivity index (χ2v) is 6.30. The van der Waals surface area contributed by atoms with E-state index in [2.05, 4.69) is 29.3 Å². The molecule has 2 rings (SSSR count). The molecule has 0 saturated carbocycles. The number of benzene rings is 1. The van der Waals surface area contributed by atoms with Gasteiger partial charge in [-0.2, -0.15) is 0 Å². The number of rotatable bonds is 4. The molecule has 0 radical (unpaired) electrons. The molecule has 1 heterocycles. The Morgan fingerprint density at radius 2 is 2.19 bits per heavy atom. The zero-order valence-electron chi connectivity index (χ0n) is 12.6. The van der Waals surface area contributed by atoms with Gasteiger partial charge in [0.2, 0.25) is 0 Å². The van der Waals surface area contributed by atoms with E-state index in [1.54, 1.807) is 12.1 Å². The number of hydrogen-bond donors (Lipinski definition) is 2. The summed E-state index contributed by atoms with van der Waals surface area (Å²) in [5.74, 6) is 5.39. The molecule has 0 bridgehead atoms. The van der Waals surface area contributed by atoms with Crippen LogP contribution in [0.1, 0.15) is 12.0 Å². The zero-order chi connectivity index (χ0) is 15.4. The van der Waals surface area contributed by atoms with Gasteiger partial charge in [0.1, 0.15) is 5.82 Å². The van der Waals surface area contributed by atoms with Crippen molar-refractivity contribution in [2.24, 2.45) is 5.84 Å². The van der Waals surface area contributed by atoms with Crippen LogP contribution in [-0.4, -0.2) is 55.6 Å². The molecule has 0 aliphatic carbocycles. The first-order chi connectivity index (χ1) is 10.0. The predicted octanol–water partition coefficient (Wildman–Crippen LogP) is 1.49. The molecule has 6 heteroatoms. The van der Waals surface area contributed by atoms with Crippen molar-refractivity contribution in [3.63, 3.8) is 0 Å². The Kier molecular flexibility index (Phi) is 5.96. The van der Waals surface area contributed by atoms with Crippen molar-refractivity contribution in [3.8, 4) is 0 Å². The third-order valence-corrected chi connectivity index (χ3v) is 4.52. The Labute approximate surface area is 131 Å². The molecule has 0 spiro atoms. The number of nitrogens with one attached hydrogen (secondary N) is 1. The molecule has 1 aliphatic heterocycles. The summed E-state index contributed by atoms with van der Waals surface area (Å²) in [7, 11) is 4.26. The second kappa shape index (κ2) is 7.51. The fourth-order valence-electron chi connectivity index (χ4n) is 2.97. The Morgan fingerprint density at radius 3 is 2.86 bits per heavy atom. The van der Waals surface area contributed by atoms with Crippen LogP contribution in [0.5, 0.6) is 0 Å². The minimum absolute atomic E-state index is 0.0945. The zero-order valence-corrected chi connectivity index (χ0v) is 13.4. The van der Waals surface area contributed by atoms with Crippen molar-refractivity contribution in [2.75, 3.05) is 33.7 Å². The van der Waals surface area contributed by atoms with Gasteiger partial charge < -0.3 is 9.80 Å². The molecule has 118 valence electrons. The van der Waals surface area contributed by atoms with Gasteiger partial charge in [0.25, 0.3) is 0 Å². The van der Waals surface area contributed by atoms with Crippen LogP contribution in [0.2, 0.25) is 5.02 Å². The van der Waals surface area contributed by atoms with E-state index in [1.165, 1.54) is 6.07 Å². The van der Waals surface area contributed by atoms with E-state index in [0.29, 0.717) is 6.04 Å². The van der Waals surface area contributed by atoms with E-state index in [1.807, 2.05) is 0 Å². The molecule has 1 aromatic carbocycles. The van der Waals surface area contributed by atoms with Crippen LogP contribution in [-0.2, 0) is 6.42 Å². The molecular weight excluding hydrogens is 291 g/mol. The van der Waals surface area contributed by atoms with Gasteiger partial charge in [-0.25, -0.2) is 4.39 Å². The molecule has 0 amide bonds. The number of likely N-dealkylation sites (N-methyl/N-ethyl adjacent to an activating group) is 2. The maximum atomic E-state index is 13.3. The van der Waals surface area contributed by atoms with Gasteiger partial charge in [-0.3, -0.25) is 11.3 Å². The second-order valence-electron chi connectivity index (χ2n) is 5.89. The molecule has 1 saturated heterocycles. The predicted molar refractivity (Wildman–Crippen MR) is 84.8 cm³/mol. The first kappa shape index (κ1) is 16.6. The molecular formula is C15H24ClFN4. The standard InChI is InChI=1S/C15H24ClFN4/c1-20-6-3-7-21(2)15(10-20)14(19-18)9-11-4-5-13(17)12(16)8-11/h4-5,8,14-15,19H,3,6-7,9-10,18H2,1-2H3. The average molecular weight is 315 g/mol. The van der Waals surface area contributed by atoms with Crippen LogP contribution in [0, 0.1) is 5.82 Å². The third-order valence-electron chi connectivity index (χ3n) is 4.23. The van der Waals surface area contributed by atoms with Crippen molar-refractivity contribution < 1.29 is 4.39 Å². The summed E-state index contributed by atoms with van der Waals surface area (Å²) in [6, 6.07) is 5.27. The average Bonchev–Trinajstić information content (AvgIpc) is 2.61. The molecule has 2 atom stereocenters. The van der Waals surface area contributed by atoms with Gasteiger partial charge in [-0.15, -0.1) is 0 Å². The summed E-state index contributed by atoms with van der Waals surface area (Å²) in [6.45, 7) is 3.11. The van der Waals surface area contributed by atoms with E-state index in [0.717, 1.165) is 38.0 Å². The molecule has 1 aliphatic rings. The number of nitrogens with two attached hydrogens (primary N) is 1. The fraction of sp³-hybridized carbons (Fsp3) is 0.600. The van der Waals surface area contributed by atoms with Crippen LogP contribution >= 0.6 is 11.6 Å². The first-order valence-corrected chi connectivity index (χ1v) is 7.68. The molecule has 3 N–H and O–H groups in total. The van der Waals surface area contributed by atoms with Crippen LogP contribution in [0.3, 0.4) is 0 Å². The highest BCUT2D eigenvalue weighted by atomic mass is 35.5. The Hall–Kier alpha value is -0.720. The minimum atomic E-state index is -0.385. The van der Waals surface area contributed by atoms with Gasteiger partial charge in [0.15, 0.2) is 0 Å². The fourth-order valence-corrected chi connectivity index (χ4v) is 3.17. The summed E-state index contributed by atoms with van der Waals surface area (Å²) in [4.78, 5) is 4.68. The van der Waals surface area contributed by atoms with Crippen molar-refractivity contribution in [1.82, 2.24) is 15.2 Å². The monoisotopic (exact) mass is 314 g/mol. The maximum absolute atomic E-state index is 13.3. The third kappa shape index (κ3) is 4.37. The summed E-state index contributed by atoms with van der Waals surface area (Å²) in [5, 5.41) is 0.162. The van der Waals surface area contributed by atoms with Crippen LogP contribution < -0.4 is 11.3 Å². The number of hydrogen-bond acceptors (Lipinski definition) is 4. The molecule has 21 heavy (non-hydrogen) atoms. The summed E-state index contributed by atoms with van der Waals surface area (Å²) >= 11 is 5.86. The van der Waals surface area contributed by atoms with Crippen molar-refractivity contribution in [1.29, 1.82) is 0 Å². The molecule has 2 unspecified atom stereocenters. The number of halogens is 2. The maximum Gasteiger partial charge on any atom is 0.141 e. The number of hydrazine groups is 1. The summed E-state index contributed by atoms with van der Waals surface area (Å²) in [5.41, 5.74) is 3.92. The summed E-state index contributed by atoms with van der Waals surface area (Å²) < 4.78 is 13.3. The van der Waals surface area contributed by atoms with E-state index in [-0.39, 0.29) is 16.9 Å². The Bertz CT molecular complexity index is 471. The van der Waals surface area contributed by atoms with Gasteiger partial charge in [-0.1, -0.05) is 17.7 Å². The molecule has 1 fully saturated rings. The van der Waals surface area contributed by atoms with E-state index < -0.39 is 0 Å². The Balaban J connectivity index is 2.11. The van der Waals surface area contributed by atoms with E-state index in [9.17, 15) is 4.39 Å². The lowest BCUT2D eigenvalue weighted by molar-refractivity contribution is 0.177. The van der Waals surface area contributed by atoms with Crippen LogP contribution in [0.15, 0.2) is 18.2 Å². The topological polar surface area (TPSA) is 44.5 Å². The van der Waals surface area contributed by atoms with Crippen molar-refractivity contribution in [3.05, 3.63) is 34.6 Å². The van der Waals surface area contributed by atoms with Gasteiger partial charge in [0.05, 0.1) is 5.02 Å². The Morgan fingerprint density at radius 1 is 1.43 bits per heavy atom. The minimum Gasteiger partial charge on any atom is -0.305 e. The molecule has 1 aromatic rings. The lowest BCUT2D eigenvalue weighted by Crippen LogP contribution is -2.55. The van der Waals surface area contributed by atoms with Crippen LogP contribution in [0.4, 0.5) is 4.39 Å². The van der Waals surface area contributed by atoms with Crippen molar-refractivity contribution >= 4 is 11.6 Å². The smallest absolute Gasteiger partial charge is 0.141 e. The van der Waals surface area contributed by atoms with Gasteiger partial charge in [0, 0.05) is 18.6 Å². The highest BCUT2D eigenvalue weighted by Gasteiger charge is 2.28. The normalized spacial score (nSPS) is 23.0. The van der Waals surface area contributed by atoms with Crippen LogP contribution in [0.25, 0.3) is 0 Å². The summed E-state index contributed by atoms with van der Waals surface area (Å²) in [6.07, 6.45) is 1.88. The quantitative estimate of drug-likeness (QED) is 0.653. The SMILES string of the molecule is CN1CCCN(C)C(C(Cc2ccc(F)c(Cl)c2)NN)C1. The number of nitrogens with zero attached hydrogens (tertiary/aromatic N) is 2. The molecule has 0 aromatic heterocycles. The highest BCUT2D eigenvalue weighted by Crippen LogP contribution is 2.19. The van der Waals surface area contributed by atoms with E-state index >= 15 is 0 Å². The van der Waals surface area contributed by atoms with Crippen molar-refractivity contribution in [2.45, 2.75) is 24.9 Å². The van der Waals surface area contributed by atoms with E-state index in [4.69, 9.17) is 17.4 Å². The lowest BCUT2D eigenvalue weighted by Gasteiger charge is -2.34.